The summed E-state index contributed by atoms with van der Waals surface area (Å²) >= 11 is 3.31. The van der Waals surface area contributed by atoms with E-state index in [2.05, 4.69) is 49.7 Å². The normalized spacial score (nSPS) is 17.2. The van der Waals surface area contributed by atoms with Gasteiger partial charge in [-0.25, -0.2) is 0 Å². The van der Waals surface area contributed by atoms with Crippen LogP contribution in [0.2, 0.25) is 0 Å². The van der Waals surface area contributed by atoms with Crippen LogP contribution >= 0.6 is 22.7 Å². The number of hydrogen-bond acceptors (Lipinski definition) is 2. The third-order valence-corrected chi connectivity index (χ3v) is 5.52. The van der Waals surface area contributed by atoms with Gasteiger partial charge in [-0.15, -0.1) is 35.5 Å². The zero-order valence-corrected chi connectivity index (χ0v) is 16.0. The van der Waals surface area contributed by atoms with E-state index in [0.29, 0.717) is 0 Å². The number of hydrogen-bond donors (Lipinski definition) is 0. The number of thiophene rings is 2. The molecule has 2 heterocycles. The molecule has 4 rings (SSSR count). The largest absolute Gasteiger partial charge is 2.00 e. The van der Waals surface area contributed by atoms with Crippen molar-refractivity contribution >= 4 is 22.7 Å². The van der Waals surface area contributed by atoms with Crippen molar-refractivity contribution in [2.24, 2.45) is 0 Å². The van der Waals surface area contributed by atoms with Crippen LogP contribution in [0.1, 0.15) is 19.5 Å². The van der Waals surface area contributed by atoms with Crippen molar-refractivity contribution in [3.8, 4) is 24.7 Å². The topological polar surface area (TPSA) is 0 Å². The molecule has 0 bridgehead atoms. The average molecular weight is 398 g/mol. The van der Waals surface area contributed by atoms with Crippen molar-refractivity contribution in [3.05, 3.63) is 107 Å². The van der Waals surface area contributed by atoms with E-state index in [1.54, 1.807) is 22.7 Å². The smallest absolute Gasteiger partial charge is 0.131 e. The summed E-state index contributed by atoms with van der Waals surface area (Å²) in [6, 6.07) is 8.09. The van der Waals surface area contributed by atoms with Crippen LogP contribution in [0.3, 0.4) is 0 Å². The minimum absolute atomic E-state index is 0. The van der Waals surface area contributed by atoms with Crippen LogP contribution in [0.25, 0.3) is 0 Å². The van der Waals surface area contributed by atoms with E-state index in [1.165, 1.54) is 21.6 Å². The Morgan fingerprint density at radius 3 is 1.24 bits per heavy atom. The van der Waals surface area contributed by atoms with Gasteiger partial charge in [0.25, 0.3) is 0 Å². The number of terminal acetylenes is 2. The Morgan fingerprint density at radius 1 is 0.600 bits per heavy atom. The molecule has 3 heteroatoms. The quantitative estimate of drug-likeness (QED) is 0.495. The van der Waals surface area contributed by atoms with E-state index >= 15 is 0 Å². The van der Waals surface area contributed by atoms with E-state index in [9.17, 15) is 0 Å². The summed E-state index contributed by atoms with van der Waals surface area (Å²) in [4.78, 5) is 4.47. The van der Waals surface area contributed by atoms with Crippen molar-refractivity contribution in [2.45, 2.75) is 0 Å². The predicted molar refractivity (Wildman–Crippen MR) is 104 cm³/mol. The fraction of sp³-hybridized carbons (Fsp3) is 0. The van der Waals surface area contributed by atoms with Crippen LogP contribution in [-0.2, 0) is 17.1 Å². The predicted octanol–water partition coefficient (Wildman–Crippen LogP) is 4.96. The molecule has 0 nitrogen and oxygen atoms in total. The van der Waals surface area contributed by atoms with Gasteiger partial charge in [0.05, 0.1) is 9.75 Å². The summed E-state index contributed by atoms with van der Waals surface area (Å²) in [5.41, 5.74) is 0. The third kappa shape index (κ3) is 5.51. The molecule has 0 saturated heterocycles. The Labute approximate surface area is 170 Å². The molecule has 2 aromatic rings. The zero-order valence-electron chi connectivity index (χ0n) is 13.3. The van der Waals surface area contributed by atoms with Crippen LogP contribution in [-0.4, -0.2) is 0 Å². The van der Waals surface area contributed by atoms with Crippen molar-refractivity contribution in [2.75, 3.05) is 0 Å². The van der Waals surface area contributed by atoms with Crippen LogP contribution in [0.5, 0.6) is 0 Å². The van der Waals surface area contributed by atoms with Crippen molar-refractivity contribution in [1.29, 1.82) is 0 Å². The van der Waals surface area contributed by atoms with E-state index in [0.717, 1.165) is 9.75 Å². The molecule has 0 aliphatic heterocycles. The minimum atomic E-state index is 0. The molecule has 0 spiro atoms. The van der Waals surface area contributed by atoms with E-state index in [-0.39, 0.29) is 17.1 Å². The van der Waals surface area contributed by atoms with E-state index in [4.69, 9.17) is 12.8 Å². The Morgan fingerprint density at radius 2 is 0.960 bits per heavy atom. The standard InChI is InChI=1S/2C11H7S.Fe/c2*1-2-10-7-8-11(12-10)9-5-3-4-6-9;/h2*1,3-8H;/q;;+2. The molecular weight excluding hydrogens is 384 g/mol. The zero-order chi connectivity index (χ0) is 16.8. The molecule has 25 heavy (non-hydrogen) atoms. The number of rotatable bonds is 2. The van der Waals surface area contributed by atoms with Crippen molar-refractivity contribution in [1.82, 2.24) is 0 Å². The summed E-state index contributed by atoms with van der Waals surface area (Å²) in [5, 5.41) is 0. The molecule has 0 unspecified atom stereocenters. The first kappa shape index (κ1) is 20.4. The van der Waals surface area contributed by atoms with Gasteiger partial charge in [0.1, 0.15) is 0 Å². The average Bonchev–Trinajstić information content (AvgIpc) is 3.43. The maximum absolute atomic E-state index is 5.28. The van der Waals surface area contributed by atoms with Gasteiger partial charge in [-0.3, -0.25) is 0 Å². The van der Waals surface area contributed by atoms with E-state index < -0.39 is 0 Å². The molecule has 2 aliphatic rings. The van der Waals surface area contributed by atoms with Gasteiger partial charge in [0, 0.05) is 21.6 Å². The molecule has 0 atom stereocenters. The summed E-state index contributed by atoms with van der Waals surface area (Å²) in [7, 11) is 0. The summed E-state index contributed by atoms with van der Waals surface area (Å²) in [6.07, 6.45) is 27.0. The van der Waals surface area contributed by atoms with Gasteiger partial charge in [-0.1, -0.05) is 11.8 Å². The summed E-state index contributed by atoms with van der Waals surface area (Å²) < 4.78 is 0. The van der Waals surface area contributed by atoms with Gasteiger partial charge in [-0.2, -0.15) is 0 Å². The Balaban J connectivity index is 0.000000173. The molecule has 0 aromatic carbocycles. The molecule has 0 N–H and O–H groups in total. The molecule has 2 aliphatic carbocycles. The van der Waals surface area contributed by atoms with Gasteiger partial charge in [0.2, 0.25) is 0 Å². The molecule has 0 amide bonds. The van der Waals surface area contributed by atoms with Gasteiger partial charge in [0.15, 0.2) is 0 Å². The van der Waals surface area contributed by atoms with Gasteiger partial charge in [-0.05, 0) is 75.6 Å². The molecule has 120 valence electrons. The van der Waals surface area contributed by atoms with Crippen LogP contribution in [0.15, 0.2) is 24.3 Å². The fourth-order valence-corrected chi connectivity index (χ4v) is 3.86. The van der Waals surface area contributed by atoms with Crippen molar-refractivity contribution in [3.63, 3.8) is 0 Å². The minimum Gasteiger partial charge on any atom is -0.131 e. The second kappa shape index (κ2) is 10.3. The maximum Gasteiger partial charge on any atom is 2.00 e. The Bertz CT molecular complexity index is 664. The Kier molecular flexibility index (Phi) is 8.35. The molecule has 2 fully saturated rings. The first-order chi connectivity index (χ1) is 11.8. The third-order valence-electron chi connectivity index (χ3n) is 3.39. The molecule has 10 radical (unpaired) electrons. The molecular formula is C22H14FeS2+2. The van der Waals surface area contributed by atoms with E-state index in [1.807, 2.05) is 37.8 Å². The second-order valence-corrected chi connectivity index (χ2v) is 7.13. The summed E-state index contributed by atoms with van der Waals surface area (Å²) in [6.45, 7) is 0. The maximum atomic E-state index is 5.28. The van der Waals surface area contributed by atoms with Gasteiger partial charge >= 0.3 is 17.1 Å². The second-order valence-electron chi connectivity index (χ2n) is 4.96. The monoisotopic (exact) mass is 398 g/mol. The van der Waals surface area contributed by atoms with Crippen LogP contribution in [0, 0.1) is 87.9 Å². The van der Waals surface area contributed by atoms with Gasteiger partial charge < -0.3 is 0 Å². The van der Waals surface area contributed by atoms with Crippen LogP contribution < -0.4 is 0 Å². The molecule has 2 saturated carbocycles. The first-order valence-electron chi connectivity index (χ1n) is 7.37. The first-order valence-corrected chi connectivity index (χ1v) is 9.00. The SMILES string of the molecule is C#Cc1ccc([C]2[CH][CH][CH][CH]2)s1.C#Cc1ccc([C]2[CH][CH][CH][CH]2)s1.[Fe+2]. The molecule has 2 aromatic heterocycles. The van der Waals surface area contributed by atoms with Crippen molar-refractivity contribution < 1.29 is 17.1 Å². The Hall–Kier alpha value is -0.961. The van der Waals surface area contributed by atoms with Crippen LogP contribution in [0.4, 0.5) is 0 Å². The summed E-state index contributed by atoms with van der Waals surface area (Å²) in [5.74, 6) is 7.76. The fourth-order valence-electron chi connectivity index (χ4n) is 2.22.